The summed E-state index contributed by atoms with van der Waals surface area (Å²) in [6.07, 6.45) is 4.52. The van der Waals surface area contributed by atoms with Gasteiger partial charge in [-0.15, -0.1) is 0 Å². The monoisotopic (exact) mass is 244 g/mol. The number of para-hydroxylation sites is 1. The van der Waals surface area contributed by atoms with Crippen LogP contribution >= 0.6 is 0 Å². The van der Waals surface area contributed by atoms with Gasteiger partial charge < -0.3 is 5.11 Å². The highest BCUT2D eigenvalue weighted by Crippen LogP contribution is 2.01. The number of nitrogens with zero attached hydrogens (tertiary/aromatic N) is 2. The minimum absolute atomic E-state index is 0.0294. The summed E-state index contributed by atoms with van der Waals surface area (Å²) in [6, 6.07) is 7.42. The van der Waals surface area contributed by atoms with Crippen LogP contribution in [0.15, 0.2) is 41.7 Å². The Hall–Kier alpha value is -2.43. The number of carboxylic acids is 1. The smallest absolute Gasteiger partial charge is 0.303 e. The van der Waals surface area contributed by atoms with Gasteiger partial charge in [0.15, 0.2) is 0 Å². The van der Waals surface area contributed by atoms with Crippen LogP contribution in [0.3, 0.4) is 0 Å². The molecule has 0 fully saturated rings. The van der Waals surface area contributed by atoms with E-state index in [-0.39, 0.29) is 18.7 Å². The maximum atomic E-state index is 11.8. The summed E-state index contributed by atoms with van der Waals surface area (Å²) in [7, 11) is 0. The van der Waals surface area contributed by atoms with Crippen molar-refractivity contribution < 1.29 is 14.7 Å². The summed E-state index contributed by atoms with van der Waals surface area (Å²) in [4.78, 5) is 27.8. The Morgan fingerprint density at radius 3 is 2.78 bits per heavy atom. The van der Waals surface area contributed by atoms with Crippen LogP contribution in [0.2, 0.25) is 0 Å². The maximum absolute atomic E-state index is 11.8. The van der Waals surface area contributed by atoms with Crippen molar-refractivity contribution in [1.82, 2.24) is 4.90 Å². The zero-order valence-electron chi connectivity index (χ0n) is 9.61. The Balaban J connectivity index is 2.24. The molecule has 0 atom stereocenters. The Bertz CT molecular complexity index is 619. The quantitative estimate of drug-likeness (QED) is 0.827. The fraction of sp³-hybridized carbons (Fsp3) is 0.154. The minimum Gasteiger partial charge on any atom is -0.481 e. The van der Waals surface area contributed by atoms with Crippen LogP contribution < -0.4 is 10.6 Å². The fourth-order valence-electron chi connectivity index (χ4n) is 1.59. The van der Waals surface area contributed by atoms with Gasteiger partial charge in [0, 0.05) is 30.2 Å². The molecule has 1 amide bonds. The molecule has 0 radical (unpaired) electrons. The molecule has 1 aromatic rings. The summed E-state index contributed by atoms with van der Waals surface area (Å²) in [5, 5.41) is 10.2. The van der Waals surface area contributed by atoms with Crippen molar-refractivity contribution in [3.63, 3.8) is 0 Å². The number of carbonyl (C=O) groups excluding carboxylic acids is 1. The lowest BCUT2D eigenvalue weighted by Gasteiger charge is -2.11. The Morgan fingerprint density at radius 1 is 1.22 bits per heavy atom. The van der Waals surface area contributed by atoms with Crippen molar-refractivity contribution in [2.45, 2.75) is 12.8 Å². The van der Waals surface area contributed by atoms with E-state index in [2.05, 4.69) is 4.99 Å². The molecule has 2 rings (SSSR count). The van der Waals surface area contributed by atoms with E-state index in [0.717, 1.165) is 10.6 Å². The molecule has 1 N–H and O–H groups in total. The molecular formula is C13H12N2O3. The molecule has 5 heteroatoms. The molecule has 0 bridgehead atoms. The van der Waals surface area contributed by atoms with Crippen molar-refractivity contribution in [2.75, 3.05) is 0 Å². The van der Waals surface area contributed by atoms with E-state index < -0.39 is 5.97 Å². The van der Waals surface area contributed by atoms with Gasteiger partial charge in [0.05, 0.1) is 11.8 Å². The molecular weight excluding hydrogens is 232 g/mol. The standard InChI is InChI=1S/C13H12N2O3/c16-12(5-6-13(17)18)15-8-7-14-11-4-2-1-3-10(11)9-15/h1-4,7-9H,5-6H2,(H,17,18). The number of aliphatic carboxylic acids is 1. The minimum atomic E-state index is -0.979. The molecule has 1 aliphatic rings. The second-order valence-corrected chi connectivity index (χ2v) is 3.81. The third-order valence-corrected chi connectivity index (χ3v) is 2.50. The summed E-state index contributed by atoms with van der Waals surface area (Å²) in [6.45, 7) is 0. The lowest BCUT2D eigenvalue weighted by atomic mass is 10.2. The van der Waals surface area contributed by atoms with Crippen molar-refractivity contribution in [2.24, 2.45) is 4.99 Å². The summed E-state index contributed by atoms with van der Waals surface area (Å²) < 4.78 is 0. The Morgan fingerprint density at radius 2 is 2.00 bits per heavy atom. The van der Waals surface area contributed by atoms with Crippen molar-refractivity contribution in [3.05, 3.63) is 47.2 Å². The van der Waals surface area contributed by atoms with Crippen LogP contribution in [0.1, 0.15) is 12.8 Å². The lowest BCUT2D eigenvalue weighted by molar-refractivity contribution is -0.139. The zero-order chi connectivity index (χ0) is 13.0. The number of hydrogen-bond donors (Lipinski definition) is 1. The highest BCUT2D eigenvalue weighted by Gasteiger charge is 2.11. The van der Waals surface area contributed by atoms with Gasteiger partial charge in [-0.2, -0.15) is 0 Å². The number of rotatable bonds is 3. The molecule has 0 saturated carbocycles. The molecule has 1 aliphatic heterocycles. The van der Waals surface area contributed by atoms with E-state index in [9.17, 15) is 9.59 Å². The predicted octanol–water partition coefficient (Wildman–Crippen LogP) is 0.222. The fourth-order valence-corrected chi connectivity index (χ4v) is 1.59. The summed E-state index contributed by atoms with van der Waals surface area (Å²) >= 11 is 0. The molecule has 92 valence electrons. The number of carboxylic acid groups (broad SMARTS) is 1. The number of amides is 1. The van der Waals surface area contributed by atoms with Crippen molar-refractivity contribution in [3.8, 4) is 0 Å². The van der Waals surface area contributed by atoms with Gasteiger partial charge in [-0.1, -0.05) is 18.2 Å². The van der Waals surface area contributed by atoms with Gasteiger partial charge in [0.25, 0.3) is 0 Å². The van der Waals surface area contributed by atoms with Crippen LogP contribution in [0.4, 0.5) is 0 Å². The molecule has 0 unspecified atom stereocenters. The Labute approximate surface area is 103 Å². The average molecular weight is 244 g/mol. The first kappa shape index (κ1) is 12.0. The van der Waals surface area contributed by atoms with Crippen LogP contribution in [0.25, 0.3) is 6.20 Å². The van der Waals surface area contributed by atoms with Crippen molar-refractivity contribution >= 4 is 18.1 Å². The third kappa shape index (κ3) is 2.82. The van der Waals surface area contributed by atoms with E-state index >= 15 is 0 Å². The van der Waals surface area contributed by atoms with Gasteiger partial charge >= 0.3 is 5.97 Å². The van der Waals surface area contributed by atoms with Gasteiger partial charge in [-0.3, -0.25) is 19.5 Å². The lowest BCUT2D eigenvalue weighted by Crippen LogP contribution is -2.28. The first-order valence-corrected chi connectivity index (χ1v) is 5.51. The molecule has 5 nitrogen and oxygen atoms in total. The molecule has 1 heterocycles. The maximum Gasteiger partial charge on any atom is 0.303 e. The van der Waals surface area contributed by atoms with E-state index in [0.29, 0.717) is 0 Å². The first-order chi connectivity index (χ1) is 8.66. The van der Waals surface area contributed by atoms with Gasteiger partial charge in [0.2, 0.25) is 5.91 Å². The normalized spacial score (nSPS) is 13.0. The molecule has 0 aliphatic carbocycles. The molecule has 1 aromatic carbocycles. The third-order valence-electron chi connectivity index (χ3n) is 2.50. The second-order valence-electron chi connectivity index (χ2n) is 3.81. The topological polar surface area (TPSA) is 70.0 Å². The predicted molar refractivity (Wildman–Crippen MR) is 64.5 cm³/mol. The zero-order valence-corrected chi connectivity index (χ0v) is 9.61. The second kappa shape index (κ2) is 5.27. The van der Waals surface area contributed by atoms with Crippen LogP contribution in [-0.4, -0.2) is 21.9 Å². The Kier molecular flexibility index (Phi) is 3.52. The number of benzene rings is 1. The summed E-state index contributed by atoms with van der Waals surface area (Å²) in [5.74, 6) is -1.24. The largest absolute Gasteiger partial charge is 0.481 e. The van der Waals surface area contributed by atoms with Crippen LogP contribution in [0.5, 0.6) is 0 Å². The number of fused-ring (bicyclic) bond motifs is 1. The van der Waals surface area contributed by atoms with Crippen LogP contribution in [0, 0.1) is 0 Å². The summed E-state index contributed by atoms with van der Waals surface area (Å²) in [5.41, 5.74) is 0. The average Bonchev–Trinajstić information content (AvgIpc) is 2.57. The van der Waals surface area contributed by atoms with Gasteiger partial charge in [-0.05, 0) is 6.07 Å². The van der Waals surface area contributed by atoms with E-state index in [1.807, 2.05) is 24.3 Å². The molecule has 0 aromatic heterocycles. The van der Waals surface area contributed by atoms with Crippen LogP contribution in [-0.2, 0) is 9.59 Å². The molecule has 0 spiro atoms. The molecule has 18 heavy (non-hydrogen) atoms. The highest BCUT2D eigenvalue weighted by atomic mass is 16.4. The number of carbonyl (C=O) groups is 2. The van der Waals surface area contributed by atoms with E-state index in [4.69, 9.17) is 5.11 Å². The van der Waals surface area contributed by atoms with E-state index in [1.54, 1.807) is 6.20 Å². The number of hydrogen-bond acceptors (Lipinski definition) is 3. The van der Waals surface area contributed by atoms with Gasteiger partial charge in [0.1, 0.15) is 0 Å². The highest BCUT2D eigenvalue weighted by molar-refractivity contribution is 5.84. The SMILES string of the molecule is O=C(O)CCC(=O)N1C=CN=c2ccccc2=C1. The molecule has 0 saturated heterocycles. The van der Waals surface area contributed by atoms with Gasteiger partial charge in [-0.25, -0.2) is 0 Å². The van der Waals surface area contributed by atoms with E-state index in [1.165, 1.54) is 17.3 Å². The van der Waals surface area contributed by atoms with Crippen molar-refractivity contribution in [1.29, 1.82) is 0 Å². The first-order valence-electron chi connectivity index (χ1n) is 5.51.